The smallest absolute Gasteiger partial charge is 0.337 e. The zero-order valence-electron chi connectivity index (χ0n) is 14.2. The molecule has 0 bridgehead atoms. The van der Waals surface area contributed by atoms with E-state index in [1.807, 2.05) is 41.7 Å². The second kappa shape index (κ2) is 8.54. The summed E-state index contributed by atoms with van der Waals surface area (Å²) in [5.74, 6) is 3.51. The van der Waals surface area contributed by atoms with Gasteiger partial charge in [-0.1, -0.05) is 18.2 Å². The molecule has 25 heavy (non-hydrogen) atoms. The summed E-state index contributed by atoms with van der Waals surface area (Å²) in [4.78, 5) is 11.5. The van der Waals surface area contributed by atoms with Crippen LogP contribution in [0.4, 0.5) is 0 Å². The van der Waals surface area contributed by atoms with Crippen LogP contribution < -0.4 is 9.47 Å². The highest BCUT2D eigenvalue weighted by Gasteiger charge is 2.20. The van der Waals surface area contributed by atoms with Gasteiger partial charge in [-0.15, -0.1) is 23.5 Å². The molecule has 1 saturated heterocycles. The standard InChI is InChI=1S/C19H20O4S2/c1-21-17-11-15(19-24-9-10-25-19)7-8-16(17)23-12-13-3-5-14(6-4-13)18(20)22-2/h3-8,11,19H,9-10,12H2,1-2H3. The van der Waals surface area contributed by atoms with Gasteiger partial charge < -0.3 is 14.2 Å². The lowest BCUT2D eigenvalue weighted by Crippen LogP contribution is -2.02. The molecule has 0 amide bonds. The zero-order chi connectivity index (χ0) is 17.6. The summed E-state index contributed by atoms with van der Waals surface area (Å²) in [5, 5.41) is 0. The summed E-state index contributed by atoms with van der Waals surface area (Å²) in [7, 11) is 3.03. The van der Waals surface area contributed by atoms with Gasteiger partial charge in [0.15, 0.2) is 11.5 Å². The molecular formula is C19H20O4S2. The number of ether oxygens (including phenoxy) is 3. The maximum atomic E-state index is 11.5. The summed E-state index contributed by atoms with van der Waals surface area (Å²) in [6, 6.07) is 13.3. The van der Waals surface area contributed by atoms with E-state index in [1.165, 1.54) is 24.2 Å². The Kier molecular flexibility index (Phi) is 6.15. The van der Waals surface area contributed by atoms with Crippen molar-refractivity contribution in [2.45, 2.75) is 11.2 Å². The van der Waals surface area contributed by atoms with Crippen molar-refractivity contribution in [2.24, 2.45) is 0 Å². The van der Waals surface area contributed by atoms with Crippen molar-refractivity contribution in [3.8, 4) is 11.5 Å². The van der Waals surface area contributed by atoms with Crippen molar-refractivity contribution in [1.82, 2.24) is 0 Å². The lowest BCUT2D eigenvalue weighted by atomic mass is 10.1. The third kappa shape index (κ3) is 4.44. The average molecular weight is 376 g/mol. The maximum absolute atomic E-state index is 11.5. The molecule has 1 heterocycles. The molecule has 1 aliphatic rings. The van der Waals surface area contributed by atoms with Crippen LogP contribution >= 0.6 is 23.5 Å². The number of methoxy groups -OCH3 is 2. The lowest BCUT2D eigenvalue weighted by Gasteiger charge is -2.14. The maximum Gasteiger partial charge on any atom is 0.337 e. The zero-order valence-corrected chi connectivity index (χ0v) is 15.8. The third-order valence-corrected chi connectivity index (χ3v) is 6.96. The Bertz CT molecular complexity index is 725. The molecule has 0 aromatic heterocycles. The van der Waals surface area contributed by atoms with Crippen molar-refractivity contribution in [3.05, 3.63) is 59.2 Å². The van der Waals surface area contributed by atoms with E-state index in [2.05, 4.69) is 12.1 Å². The first-order chi connectivity index (χ1) is 12.2. The molecule has 3 rings (SSSR count). The van der Waals surface area contributed by atoms with Gasteiger partial charge in [0.2, 0.25) is 0 Å². The van der Waals surface area contributed by atoms with E-state index in [-0.39, 0.29) is 5.97 Å². The Hall–Kier alpha value is -1.79. The molecule has 4 nitrogen and oxygen atoms in total. The van der Waals surface area contributed by atoms with E-state index in [0.717, 1.165) is 17.1 Å². The van der Waals surface area contributed by atoms with Crippen LogP contribution in [0.2, 0.25) is 0 Å². The number of benzene rings is 2. The summed E-state index contributed by atoms with van der Waals surface area (Å²) < 4.78 is 16.6. The van der Waals surface area contributed by atoms with Gasteiger partial charge in [0.1, 0.15) is 6.61 Å². The first-order valence-electron chi connectivity index (χ1n) is 7.92. The highest BCUT2D eigenvalue weighted by atomic mass is 32.2. The monoisotopic (exact) mass is 376 g/mol. The molecular weight excluding hydrogens is 356 g/mol. The van der Waals surface area contributed by atoms with Gasteiger partial charge in [-0.05, 0) is 35.4 Å². The Morgan fingerprint density at radius 3 is 2.40 bits per heavy atom. The molecule has 0 N–H and O–H groups in total. The number of carbonyl (C=O) groups excluding carboxylic acids is 1. The molecule has 2 aromatic rings. The van der Waals surface area contributed by atoms with Crippen molar-refractivity contribution in [2.75, 3.05) is 25.7 Å². The molecule has 1 aliphatic heterocycles. The van der Waals surface area contributed by atoms with Gasteiger partial charge in [0.05, 0.1) is 24.4 Å². The first kappa shape index (κ1) is 18.0. The quantitative estimate of drug-likeness (QED) is 0.690. The molecule has 0 saturated carbocycles. The molecule has 0 radical (unpaired) electrons. The van der Waals surface area contributed by atoms with E-state index in [1.54, 1.807) is 19.2 Å². The summed E-state index contributed by atoms with van der Waals surface area (Å²) in [5.41, 5.74) is 2.76. The predicted molar refractivity (Wildman–Crippen MR) is 103 cm³/mol. The van der Waals surface area contributed by atoms with Crippen LogP contribution in [0.25, 0.3) is 0 Å². The fourth-order valence-corrected chi connectivity index (χ4v) is 5.36. The number of hydrogen-bond acceptors (Lipinski definition) is 6. The Labute approximate surface area is 156 Å². The summed E-state index contributed by atoms with van der Waals surface area (Å²) in [6.07, 6.45) is 0. The fourth-order valence-electron chi connectivity index (χ4n) is 2.52. The van der Waals surface area contributed by atoms with E-state index >= 15 is 0 Å². The minimum Gasteiger partial charge on any atom is -0.493 e. The summed E-state index contributed by atoms with van der Waals surface area (Å²) >= 11 is 3.93. The van der Waals surface area contributed by atoms with E-state index in [4.69, 9.17) is 14.2 Å². The topological polar surface area (TPSA) is 44.8 Å². The highest BCUT2D eigenvalue weighted by Crippen LogP contribution is 2.46. The van der Waals surface area contributed by atoms with Crippen LogP contribution in [0.3, 0.4) is 0 Å². The minimum atomic E-state index is -0.340. The normalized spacial score (nSPS) is 14.3. The van der Waals surface area contributed by atoms with Crippen LogP contribution in [0.1, 0.15) is 26.1 Å². The SMILES string of the molecule is COC(=O)c1ccc(COc2ccc(C3SCCS3)cc2OC)cc1. The molecule has 0 atom stereocenters. The van der Waals surface area contributed by atoms with Gasteiger partial charge >= 0.3 is 5.97 Å². The van der Waals surface area contributed by atoms with Crippen LogP contribution in [0.15, 0.2) is 42.5 Å². The van der Waals surface area contributed by atoms with Crippen LogP contribution in [-0.2, 0) is 11.3 Å². The Morgan fingerprint density at radius 1 is 1.04 bits per heavy atom. The number of carbonyl (C=O) groups is 1. The highest BCUT2D eigenvalue weighted by molar-refractivity contribution is 8.19. The van der Waals surface area contributed by atoms with Crippen molar-refractivity contribution in [1.29, 1.82) is 0 Å². The molecule has 0 aliphatic carbocycles. The Morgan fingerprint density at radius 2 is 1.76 bits per heavy atom. The van der Waals surface area contributed by atoms with Gasteiger partial charge in [0, 0.05) is 11.5 Å². The molecule has 1 fully saturated rings. The first-order valence-corrected chi connectivity index (χ1v) is 10.0. The molecule has 6 heteroatoms. The number of hydrogen-bond donors (Lipinski definition) is 0. The lowest BCUT2D eigenvalue weighted by molar-refractivity contribution is 0.0600. The van der Waals surface area contributed by atoms with Gasteiger partial charge in [-0.2, -0.15) is 0 Å². The van der Waals surface area contributed by atoms with Crippen molar-refractivity contribution >= 4 is 29.5 Å². The van der Waals surface area contributed by atoms with Crippen molar-refractivity contribution in [3.63, 3.8) is 0 Å². The summed E-state index contributed by atoms with van der Waals surface area (Å²) in [6.45, 7) is 0.407. The van der Waals surface area contributed by atoms with Gasteiger partial charge in [-0.25, -0.2) is 4.79 Å². The number of thioether (sulfide) groups is 2. The fraction of sp³-hybridized carbons (Fsp3) is 0.316. The van der Waals surface area contributed by atoms with E-state index in [9.17, 15) is 4.79 Å². The van der Waals surface area contributed by atoms with E-state index < -0.39 is 0 Å². The minimum absolute atomic E-state index is 0.340. The van der Waals surface area contributed by atoms with Crippen LogP contribution in [-0.4, -0.2) is 31.7 Å². The number of rotatable bonds is 6. The van der Waals surface area contributed by atoms with E-state index in [0.29, 0.717) is 16.8 Å². The molecule has 2 aromatic carbocycles. The molecule has 0 spiro atoms. The Balaban J connectivity index is 1.67. The van der Waals surface area contributed by atoms with Gasteiger partial charge in [-0.3, -0.25) is 0 Å². The average Bonchev–Trinajstić information content (AvgIpc) is 3.20. The second-order valence-corrected chi connectivity index (χ2v) is 8.19. The van der Waals surface area contributed by atoms with Gasteiger partial charge in [0.25, 0.3) is 0 Å². The number of esters is 1. The molecule has 0 unspecified atom stereocenters. The van der Waals surface area contributed by atoms with Crippen molar-refractivity contribution < 1.29 is 19.0 Å². The largest absolute Gasteiger partial charge is 0.493 e. The molecule has 132 valence electrons. The third-order valence-electron chi connectivity index (χ3n) is 3.85. The predicted octanol–water partition coefficient (Wildman–Crippen LogP) is 4.54. The second-order valence-electron chi connectivity index (χ2n) is 5.46. The van der Waals surface area contributed by atoms with Crippen LogP contribution in [0.5, 0.6) is 11.5 Å². The van der Waals surface area contributed by atoms with Crippen LogP contribution in [0, 0.1) is 0 Å².